The summed E-state index contributed by atoms with van der Waals surface area (Å²) in [7, 11) is -1.55. The monoisotopic (exact) mass is 433 g/mol. The average molecular weight is 434 g/mol. The van der Waals surface area contributed by atoms with Crippen LogP contribution in [0.5, 0.6) is 5.75 Å². The van der Waals surface area contributed by atoms with Crippen LogP contribution in [-0.2, 0) is 27.7 Å². The zero-order chi connectivity index (χ0) is 21.8. The molecule has 0 unspecified atom stereocenters. The number of aliphatic imine (C=N–C) groups is 1. The third-order valence-corrected chi connectivity index (χ3v) is 5.48. The Morgan fingerprint density at radius 3 is 2.27 bits per heavy atom. The normalized spacial score (nSPS) is 11.9. The Balaban J connectivity index is 1.98. The van der Waals surface area contributed by atoms with Gasteiger partial charge in [0.2, 0.25) is 0 Å². The Labute approximate surface area is 179 Å². The predicted octanol–water partition coefficient (Wildman–Crippen LogP) is 2.76. The fraction of sp³-hybridized carbons (Fsp3) is 0.409. The van der Waals surface area contributed by atoms with Crippen molar-refractivity contribution >= 4 is 15.8 Å². The molecule has 164 valence electrons. The first-order chi connectivity index (χ1) is 14.4. The molecule has 0 aliphatic carbocycles. The van der Waals surface area contributed by atoms with Gasteiger partial charge in [-0.2, -0.15) is 0 Å². The third-order valence-electron chi connectivity index (χ3n) is 4.35. The smallest absolute Gasteiger partial charge is 0.191 e. The molecule has 0 spiro atoms. The quantitative estimate of drug-likeness (QED) is 0.322. The van der Waals surface area contributed by atoms with Gasteiger partial charge < -0.3 is 20.1 Å². The van der Waals surface area contributed by atoms with Gasteiger partial charge in [0.25, 0.3) is 0 Å². The molecule has 0 atom stereocenters. The number of nitrogens with zero attached hydrogens (tertiary/aromatic N) is 1. The van der Waals surface area contributed by atoms with Crippen LogP contribution in [0.15, 0.2) is 58.4 Å². The van der Waals surface area contributed by atoms with E-state index in [2.05, 4.69) is 15.6 Å². The highest BCUT2D eigenvalue weighted by molar-refractivity contribution is 7.90. The Bertz CT molecular complexity index is 895. The highest BCUT2D eigenvalue weighted by Gasteiger charge is 2.06. The predicted molar refractivity (Wildman–Crippen MR) is 120 cm³/mol. The largest absolute Gasteiger partial charge is 0.497 e. The first kappa shape index (κ1) is 23.7. The maximum absolute atomic E-state index is 11.6. The van der Waals surface area contributed by atoms with E-state index in [1.807, 2.05) is 31.2 Å². The van der Waals surface area contributed by atoms with Crippen LogP contribution < -0.4 is 15.4 Å². The summed E-state index contributed by atoms with van der Waals surface area (Å²) in [5, 5.41) is 6.62. The lowest BCUT2D eigenvalue weighted by Gasteiger charge is -2.13. The lowest BCUT2D eigenvalue weighted by molar-refractivity contribution is 0.145. The molecule has 2 rings (SSSR count). The van der Waals surface area contributed by atoms with E-state index < -0.39 is 9.84 Å². The molecule has 7 nitrogen and oxygen atoms in total. The van der Waals surface area contributed by atoms with Gasteiger partial charge in [-0.1, -0.05) is 24.3 Å². The fourth-order valence-electron chi connectivity index (χ4n) is 2.64. The van der Waals surface area contributed by atoms with Gasteiger partial charge in [0.15, 0.2) is 15.8 Å². The number of hydrogen-bond acceptors (Lipinski definition) is 5. The first-order valence-corrected chi connectivity index (χ1v) is 11.8. The summed E-state index contributed by atoms with van der Waals surface area (Å²) in [4.78, 5) is 4.97. The average Bonchev–Trinajstić information content (AvgIpc) is 2.75. The number of sulfone groups is 1. The molecule has 0 saturated heterocycles. The second-order valence-electron chi connectivity index (χ2n) is 6.76. The zero-order valence-corrected chi connectivity index (χ0v) is 18.7. The molecule has 0 fully saturated rings. The lowest BCUT2D eigenvalue weighted by Crippen LogP contribution is -2.37. The van der Waals surface area contributed by atoms with E-state index >= 15 is 0 Å². The Kier molecular flexibility index (Phi) is 9.63. The molecule has 8 heteroatoms. The van der Waals surface area contributed by atoms with Gasteiger partial charge in [-0.05, 0) is 48.7 Å². The van der Waals surface area contributed by atoms with Crippen molar-refractivity contribution in [1.82, 2.24) is 10.6 Å². The van der Waals surface area contributed by atoms with E-state index in [0.717, 1.165) is 29.8 Å². The minimum atomic E-state index is -3.19. The Morgan fingerprint density at radius 2 is 1.67 bits per heavy atom. The second kappa shape index (κ2) is 12.2. The number of nitrogens with one attached hydrogen (secondary N) is 2. The molecule has 0 aliphatic heterocycles. The van der Waals surface area contributed by atoms with Gasteiger partial charge in [0, 0.05) is 32.6 Å². The van der Waals surface area contributed by atoms with Gasteiger partial charge >= 0.3 is 0 Å². The number of ether oxygens (including phenoxy) is 2. The van der Waals surface area contributed by atoms with Gasteiger partial charge in [0.1, 0.15) is 5.75 Å². The van der Waals surface area contributed by atoms with Gasteiger partial charge in [-0.25, -0.2) is 13.4 Å². The van der Waals surface area contributed by atoms with Crippen LogP contribution in [0.3, 0.4) is 0 Å². The topological polar surface area (TPSA) is 89.0 Å². The van der Waals surface area contributed by atoms with Crippen molar-refractivity contribution in [3.63, 3.8) is 0 Å². The maximum atomic E-state index is 11.6. The molecule has 30 heavy (non-hydrogen) atoms. The van der Waals surface area contributed by atoms with Crippen LogP contribution in [0.25, 0.3) is 0 Å². The summed E-state index contributed by atoms with van der Waals surface area (Å²) in [5.41, 5.74) is 2.04. The molecular weight excluding hydrogens is 402 g/mol. The minimum Gasteiger partial charge on any atom is -0.497 e. The van der Waals surface area contributed by atoms with Crippen molar-refractivity contribution < 1.29 is 17.9 Å². The number of hydrogen-bond donors (Lipinski definition) is 2. The SMILES string of the molecule is CCOCCCNC(=NCc1ccc(OC)cc1)NCc1ccc(S(C)(=O)=O)cc1. The molecular formula is C22H31N3O4S. The zero-order valence-electron chi connectivity index (χ0n) is 17.8. The van der Waals surface area contributed by atoms with Crippen LogP contribution in [0, 0.1) is 0 Å². The molecule has 2 N–H and O–H groups in total. The molecule has 0 saturated carbocycles. The highest BCUT2D eigenvalue weighted by atomic mass is 32.2. The summed E-state index contributed by atoms with van der Waals surface area (Å²) in [6.07, 6.45) is 2.08. The molecule has 0 amide bonds. The number of benzene rings is 2. The molecule has 2 aromatic carbocycles. The van der Waals surface area contributed by atoms with Crippen molar-refractivity contribution in [2.24, 2.45) is 4.99 Å². The van der Waals surface area contributed by atoms with Crippen LogP contribution in [-0.4, -0.2) is 47.5 Å². The van der Waals surface area contributed by atoms with Crippen LogP contribution >= 0.6 is 0 Å². The van der Waals surface area contributed by atoms with Crippen molar-refractivity contribution in [2.75, 3.05) is 33.1 Å². The van der Waals surface area contributed by atoms with Crippen molar-refractivity contribution in [1.29, 1.82) is 0 Å². The Morgan fingerprint density at radius 1 is 1.00 bits per heavy atom. The summed E-state index contributed by atoms with van der Waals surface area (Å²) < 4.78 is 33.8. The van der Waals surface area contributed by atoms with E-state index in [1.165, 1.54) is 6.26 Å². The first-order valence-electron chi connectivity index (χ1n) is 9.94. The van der Waals surface area contributed by atoms with E-state index in [4.69, 9.17) is 9.47 Å². The van der Waals surface area contributed by atoms with Gasteiger partial charge in [0.05, 0.1) is 18.6 Å². The molecule has 0 radical (unpaired) electrons. The molecule has 0 aliphatic rings. The van der Waals surface area contributed by atoms with E-state index in [0.29, 0.717) is 37.2 Å². The van der Waals surface area contributed by atoms with Crippen molar-refractivity contribution in [2.45, 2.75) is 31.3 Å². The van der Waals surface area contributed by atoms with Gasteiger partial charge in [-0.15, -0.1) is 0 Å². The summed E-state index contributed by atoms with van der Waals surface area (Å²) in [6, 6.07) is 14.6. The third kappa shape index (κ3) is 8.42. The summed E-state index contributed by atoms with van der Waals surface area (Å²) >= 11 is 0. The lowest BCUT2D eigenvalue weighted by atomic mass is 10.2. The van der Waals surface area contributed by atoms with Gasteiger partial charge in [-0.3, -0.25) is 0 Å². The Hall–Kier alpha value is -2.58. The second-order valence-corrected chi connectivity index (χ2v) is 8.78. The molecule has 0 heterocycles. The maximum Gasteiger partial charge on any atom is 0.191 e. The van der Waals surface area contributed by atoms with Crippen LogP contribution in [0.2, 0.25) is 0 Å². The van der Waals surface area contributed by atoms with Crippen molar-refractivity contribution in [3.8, 4) is 5.75 Å². The number of guanidine groups is 1. The standard InChI is InChI=1S/C22H31N3O4S/c1-4-29-15-5-14-23-22(24-16-18-6-10-20(28-2)11-7-18)25-17-19-8-12-21(13-9-19)30(3,26)27/h6-13H,4-5,14-17H2,1-3H3,(H2,23,24,25). The van der Waals surface area contributed by atoms with E-state index in [-0.39, 0.29) is 0 Å². The molecule has 2 aromatic rings. The number of methoxy groups -OCH3 is 1. The molecule has 0 bridgehead atoms. The number of rotatable bonds is 11. The minimum absolute atomic E-state index is 0.314. The van der Waals surface area contributed by atoms with Crippen LogP contribution in [0.1, 0.15) is 24.5 Å². The van der Waals surface area contributed by atoms with Crippen molar-refractivity contribution in [3.05, 3.63) is 59.7 Å². The van der Waals surface area contributed by atoms with E-state index in [1.54, 1.807) is 31.4 Å². The highest BCUT2D eigenvalue weighted by Crippen LogP contribution is 2.12. The summed E-state index contributed by atoms with van der Waals surface area (Å²) in [6.45, 7) is 5.18. The van der Waals surface area contributed by atoms with E-state index in [9.17, 15) is 8.42 Å². The molecule has 0 aromatic heterocycles. The summed E-state index contributed by atoms with van der Waals surface area (Å²) in [5.74, 6) is 1.50. The fourth-order valence-corrected chi connectivity index (χ4v) is 3.27. The van der Waals surface area contributed by atoms with Crippen LogP contribution in [0.4, 0.5) is 0 Å².